The number of aromatic nitrogens is 2. The summed E-state index contributed by atoms with van der Waals surface area (Å²) < 4.78 is 42.3. The molecule has 0 fully saturated rings. The number of allylic oxidation sites excluding steroid dienone is 2. The molecule has 0 aliphatic carbocycles. The van der Waals surface area contributed by atoms with Crippen molar-refractivity contribution in [1.29, 1.82) is 0 Å². The van der Waals surface area contributed by atoms with Crippen molar-refractivity contribution < 1.29 is 18.0 Å². The van der Waals surface area contributed by atoms with E-state index in [1.807, 2.05) is 25.3 Å². The van der Waals surface area contributed by atoms with Gasteiger partial charge in [0.2, 0.25) is 0 Å². The molecule has 1 aliphatic heterocycles. The number of benzene rings is 2. The second kappa shape index (κ2) is 12.0. The van der Waals surface area contributed by atoms with Crippen LogP contribution in [0.3, 0.4) is 0 Å². The number of aryl methyl sites for hydroxylation is 2. The Kier molecular flexibility index (Phi) is 8.54. The lowest BCUT2D eigenvalue weighted by molar-refractivity contribution is -0.137. The van der Waals surface area contributed by atoms with Crippen molar-refractivity contribution in [3.63, 3.8) is 0 Å². The predicted molar refractivity (Wildman–Crippen MR) is 152 cm³/mol. The van der Waals surface area contributed by atoms with Crippen LogP contribution in [-0.4, -0.2) is 34.3 Å². The molecule has 5 N–H and O–H groups in total. The molecule has 0 saturated carbocycles. The molecule has 0 radical (unpaired) electrons. The van der Waals surface area contributed by atoms with Gasteiger partial charge in [-0.3, -0.25) is 4.79 Å². The SMILES string of the molecule is C=C(/N=C(\CCN)C1=CC=CNC1)Nc1cc(C(=O)Nc2cc(-n3cnc(C)c3)cc(C(F)(F)F)c2)ccc1C. The van der Waals surface area contributed by atoms with Crippen molar-refractivity contribution >= 4 is 23.0 Å². The highest BCUT2D eigenvalue weighted by Crippen LogP contribution is 2.33. The van der Waals surface area contributed by atoms with Crippen LogP contribution in [0.15, 0.2) is 90.2 Å². The molecule has 0 bridgehead atoms. The number of aliphatic imine (C=N–C) groups is 1. The first kappa shape index (κ1) is 28.4. The van der Waals surface area contributed by atoms with Crippen LogP contribution >= 0.6 is 0 Å². The minimum Gasteiger partial charge on any atom is -0.387 e. The van der Waals surface area contributed by atoms with Crippen molar-refractivity contribution in [1.82, 2.24) is 14.9 Å². The fraction of sp³-hybridized carbons (Fsp3) is 0.207. The lowest BCUT2D eigenvalue weighted by Crippen LogP contribution is -2.21. The van der Waals surface area contributed by atoms with E-state index in [-0.39, 0.29) is 16.9 Å². The van der Waals surface area contributed by atoms with Crippen LogP contribution < -0.4 is 21.7 Å². The molecule has 0 spiro atoms. The minimum atomic E-state index is -4.60. The van der Waals surface area contributed by atoms with E-state index < -0.39 is 17.6 Å². The summed E-state index contributed by atoms with van der Waals surface area (Å²) in [7, 11) is 0. The number of alkyl halides is 3. The zero-order valence-electron chi connectivity index (χ0n) is 22.1. The number of anilines is 2. The molecular formula is C29H30F3N7O. The molecule has 1 aromatic heterocycles. The fourth-order valence-electron chi connectivity index (χ4n) is 4.09. The summed E-state index contributed by atoms with van der Waals surface area (Å²) in [6.07, 6.45) is 4.66. The van der Waals surface area contributed by atoms with Gasteiger partial charge in [-0.1, -0.05) is 18.7 Å². The number of carbonyl (C=O) groups excluding carboxylic acids is 1. The summed E-state index contributed by atoms with van der Waals surface area (Å²) in [4.78, 5) is 21.8. The molecule has 3 aromatic rings. The van der Waals surface area contributed by atoms with Gasteiger partial charge in [0.25, 0.3) is 5.91 Å². The van der Waals surface area contributed by atoms with Gasteiger partial charge in [0.15, 0.2) is 0 Å². The van der Waals surface area contributed by atoms with Gasteiger partial charge < -0.3 is 26.3 Å². The molecule has 2 heterocycles. The lowest BCUT2D eigenvalue weighted by Gasteiger charge is -2.16. The first-order chi connectivity index (χ1) is 19.0. The molecule has 0 atom stereocenters. The van der Waals surface area contributed by atoms with Crippen molar-refractivity contribution in [2.45, 2.75) is 26.4 Å². The van der Waals surface area contributed by atoms with Crippen molar-refractivity contribution in [3.8, 4) is 5.69 Å². The standard InChI is InChI=1S/C29H30F3N7O/c1-18-6-7-21(11-27(18)37-20(3)36-26(8-9-33)22-5-4-10-34-15-22)28(40)38-24-12-23(29(30,31)32)13-25(14-24)39-16-19(2)35-17-39/h4-7,10-14,16-17,34,37H,3,8-9,15,33H2,1-2H3,(H,38,40)/b36-26+. The van der Waals surface area contributed by atoms with E-state index in [4.69, 9.17) is 5.73 Å². The Balaban J connectivity index is 1.57. The van der Waals surface area contributed by atoms with Gasteiger partial charge in [0.1, 0.15) is 5.82 Å². The van der Waals surface area contributed by atoms with Crippen LogP contribution in [0.5, 0.6) is 0 Å². The van der Waals surface area contributed by atoms with Crippen molar-refractivity contribution in [2.24, 2.45) is 10.7 Å². The molecule has 0 unspecified atom stereocenters. The van der Waals surface area contributed by atoms with E-state index in [9.17, 15) is 18.0 Å². The number of imidazole rings is 1. The van der Waals surface area contributed by atoms with Gasteiger partial charge in [0, 0.05) is 47.5 Å². The Morgan fingerprint density at radius 2 is 2.00 bits per heavy atom. The van der Waals surface area contributed by atoms with Gasteiger partial charge >= 0.3 is 6.18 Å². The average molecular weight is 550 g/mol. The van der Waals surface area contributed by atoms with Gasteiger partial charge in [-0.25, -0.2) is 9.98 Å². The number of halogens is 3. The summed E-state index contributed by atoms with van der Waals surface area (Å²) in [5.74, 6) is -0.212. The molecular weight excluding hydrogens is 519 g/mol. The molecule has 1 aliphatic rings. The summed E-state index contributed by atoms with van der Waals surface area (Å²) in [5, 5.41) is 8.87. The number of dihydropyridines is 1. The fourth-order valence-corrected chi connectivity index (χ4v) is 4.09. The van der Waals surface area contributed by atoms with E-state index in [1.165, 1.54) is 17.0 Å². The zero-order chi connectivity index (χ0) is 28.9. The lowest BCUT2D eigenvalue weighted by atomic mass is 10.1. The third-order valence-corrected chi connectivity index (χ3v) is 6.12. The normalized spacial score (nSPS) is 13.4. The molecule has 208 valence electrons. The Labute approximate surface area is 230 Å². The smallest absolute Gasteiger partial charge is 0.387 e. The number of nitrogens with zero attached hydrogens (tertiary/aromatic N) is 3. The van der Waals surface area contributed by atoms with Crippen molar-refractivity contribution in [3.05, 3.63) is 108 Å². The quantitative estimate of drug-likeness (QED) is 0.265. The van der Waals surface area contributed by atoms with Gasteiger partial charge in [-0.05, 0) is 74.1 Å². The molecule has 40 heavy (non-hydrogen) atoms. The average Bonchev–Trinajstić information content (AvgIpc) is 3.36. The second-order valence-electron chi connectivity index (χ2n) is 9.27. The van der Waals surface area contributed by atoms with Crippen molar-refractivity contribution in [2.75, 3.05) is 23.7 Å². The van der Waals surface area contributed by atoms with E-state index in [2.05, 4.69) is 32.5 Å². The minimum absolute atomic E-state index is 0.000106. The number of hydrogen-bond acceptors (Lipinski definition) is 6. The monoisotopic (exact) mass is 549 g/mol. The topological polar surface area (TPSA) is 109 Å². The Hall–Kier alpha value is -4.64. The molecule has 0 saturated heterocycles. The molecule has 4 rings (SSSR count). The highest BCUT2D eigenvalue weighted by molar-refractivity contribution is 6.05. The summed E-state index contributed by atoms with van der Waals surface area (Å²) in [6, 6.07) is 8.30. The third kappa shape index (κ3) is 7.06. The maximum atomic E-state index is 13.6. The number of nitrogens with two attached hydrogens (primary N) is 1. The Morgan fingerprint density at radius 1 is 1.20 bits per heavy atom. The van der Waals surface area contributed by atoms with Crippen LogP contribution in [-0.2, 0) is 6.18 Å². The molecule has 11 heteroatoms. The number of amides is 1. The highest BCUT2D eigenvalue weighted by atomic mass is 19.4. The maximum absolute atomic E-state index is 13.6. The molecule has 8 nitrogen and oxygen atoms in total. The highest BCUT2D eigenvalue weighted by Gasteiger charge is 2.31. The van der Waals surface area contributed by atoms with E-state index in [0.29, 0.717) is 36.7 Å². The van der Waals surface area contributed by atoms with Gasteiger partial charge in [-0.15, -0.1) is 0 Å². The summed E-state index contributed by atoms with van der Waals surface area (Å²) in [5.41, 5.74) is 9.19. The number of hydrogen-bond donors (Lipinski definition) is 4. The second-order valence-corrected chi connectivity index (χ2v) is 9.27. The zero-order valence-corrected chi connectivity index (χ0v) is 22.1. The van der Waals surface area contributed by atoms with Gasteiger partial charge in [0.05, 0.1) is 17.6 Å². The van der Waals surface area contributed by atoms with E-state index in [0.717, 1.165) is 29.0 Å². The summed E-state index contributed by atoms with van der Waals surface area (Å²) in [6.45, 7) is 8.63. The molecule has 2 aromatic carbocycles. The van der Waals surface area contributed by atoms with Gasteiger partial charge in [-0.2, -0.15) is 13.2 Å². The first-order valence-electron chi connectivity index (χ1n) is 12.5. The Bertz CT molecular complexity index is 1520. The van der Waals surface area contributed by atoms with Crippen LogP contribution in [0.1, 0.15) is 33.6 Å². The first-order valence-corrected chi connectivity index (χ1v) is 12.5. The van der Waals surface area contributed by atoms with Crippen LogP contribution in [0.25, 0.3) is 5.69 Å². The molecule has 1 amide bonds. The Morgan fingerprint density at radius 3 is 2.65 bits per heavy atom. The van der Waals surface area contributed by atoms with Crippen LogP contribution in [0.4, 0.5) is 24.5 Å². The predicted octanol–water partition coefficient (Wildman–Crippen LogP) is 5.48. The maximum Gasteiger partial charge on any atom is 0.416 e. The third-order valence-electron chi connectivity index (χ3n) is 6.12. The number of carbonyl (C=O) groups is 1. The van der Waals surface area contributed by atoms with Crippen LogP contribution in [0.2, 0.25) is 0 Å². The van der Waals surface area contributed by atoms with E-state index in [1.54, 1.807) is 31.3 Å². The number of rotatable bonds is 9. The largest absolute Gasteiger partial charge is 0.416 e. The number of nitrogens with one attached hydrogen (secondary N) is 3. The van der Waals surface area contributed by atoms with E-state index >= 15 is 0 Å². The summed E-state index contributed by atoms with van der Waals surface area (Å²) >= 11 is 0. The van der Waals surface area contributed by atoms with Crippen LogP contribution in [0, 0.1) is 13.8 Å².